The third kappa shape index (κ3) is 2.02. The van der Waals surface area contributed by atoms with Gasteiger partial charge < -0.3 is 10.2 Å². The van der Waals surface area contributed by atoms with E-state index in [1.807, 2.05) is 24.3 Å². The van der Waals surface area contributed by atoms with Crippen molar-refractivity contribution in [3.63, 3.8) is 0 Å². The molecular weight excluding hydrogens is 276 g/mol. The zero-order valence-corrected chi connectivity index (χ0v) is 11.5. The molecule has 2 heterocycles. The Kier molecular flexibility index (Phi) is 2.90. The number of thioether (sulfide) groups is 1. The fraction of sp³-hybridized carbons (Fsp3) is 0.214. The topological polar surface area (TPSA) is 82.8 Å². The average Bonchev–Trinajstić information content (AvgIpc) is 2.82. The van der Waals surface area contributed by atoms with Crippen molar-refractivity contribution in [1.29, 1.82) is 0 Å². The highest BCUT2D eigenvalue weighted by Crippen LogP contribution is 2.34. The van der Waals surface area contributed by atoms with E-state index in [4.69, 9.17) is 0 Å². The minimum atomic E-state index is -1.15. The number of aromatic nitrogens is 1. The number of carboxylic acids is 1. The molecule has 1 aliphatic heterocycles. The first-order valence-corrected chi connectivity index (χ1v) is 7.03. The van der Waals surface area contributed by atoms with E-state index in [0.717, 1.165) is 10.9 Å². The van der Waals surface area contributed by atoms with Gasteiger partial charge in [0, 0.05) is 11.1 Å². The van der Waals surface area contributed by atoms with Gasteiger partial charge in [-0.3, -0.25) is 4.99 Å². The Hall–Kier alpha value is -2.08. The van der Waals surface area contributed by atoms with Crippen LogP contribution in [0.1, 0.15) is 12.6 Å². The van der Waals surface area contributed by atoms with Gasteiger partial charge in [0.25, 0.3) is 0 Å². The first-order valence-electron chi connectivity index (χ1n) is 6.05. The summed E-state index contributed by atoms with van der Waals surface area (Å²) in [6, 6.07) is 9.05. The Morgan fingerprint density at radius 1 is 1.40 bits per heavy atom. The minimum Gasteiger partial charge on any atom is -0.506 e. The van der Waals surface area contributed by atoms with Crippen molar-refractivity contribution in [2.24, 2.45) is 4.99 Å². The Balaban J connectivity index is 2.11. The second-order valence-electron chi connectivity index (χ2n) is 4.83. The van der Waals surface area contributed by atoms with Crippen LogP contribution >= 0.6 is 11.8 Å². The van der Waals surface area contributed by atoms with Crippen LogP contribution in [-0.4, -0.2) is 37.5 Å². The van der Waals surface area contributed by atoms with Gasteiger partial charge in [0.1, 0.15) is 16.5 Å². The van der Waals surface area contributed by atoms with Gasteiger partial charge in [0.15, 0.2) is 5.54 Å². The Labute approximate surface area is 119 Å². The van der Waals surface area contributed by atoms with Crippen LogP contribution in [0, 0.1) is 0 Å². The van der Waals surface area contributed by atoms with Crippen molar-refractivity contribution in [3.8, 4) is 5.75 Å². The van der Waals surface area contributed by atoms with Crippen molar-refractivity contribution in [2.45, 2.75) is 12.5 Å². The monoisotopic (exact) mass is 288 g/mol. The van der Waals surface area contributed by atoms with Crippen LogP contribution < -0.4 is 0 Å². The number of aliphatic imine (C=N–C) groups is 1. The quantitative estimate of drug-likeness (QED) is 0.885. The number of hydrogen-bond acceptors (Lipinski definition) is 5. The van der Waals surface area contributed by atoms with Crippen molar-refractivity contribution >= 4 is 33.7 Å². The predicted octanol–water partition coefficient (Wildman–Crippen LogP) is 2.28. The van der Waals surface area contributed by atoms with Crippen LogP contribution in [0.3, 0.4) is 0 Å². The summed E-state index contributed by atoms with van der Waals surface area (Å²) in [5.74, 6) is -0.615. The predicted molar refractivity (Wildman–Crippen MR) is 78.4 cm³/mol. The summed E-state index contributed by atoms with van der Waals surface area (Å²) in [7, 11) is 0. The van der Waals surface area contributed by atoms with E-state index in [9.17, 15) is 15.0 Å². The van der Waals surface area contributed by atoms with Crippen molar-refractivity contribution in [3.05, 3.63) is 36.0 Å². The molecular formula is C14H12N2O3S. The maximum Gasteiger partial charge on any atom is 0.332 e. The summed E-state index contributed by atoms with van der Waals surface area (Å²) >= 11 is 1.30. The van der Waals surface area contributed by atoms with Gasteiger partial charge in [-0.15, -0.1) is 11.8 Å². The molecule has 20 heavy (non-hydrogen) atoms. The van der Waals surface area contributed by atoms with Gasteiger partial charge in [0.2, 0.25) is 0 Å². The molecule has 0 fully saturated rings. The summed E-state index contributed by atoms with van der Waals surface area (Å²) in [4.78, 5) is 19.8. The molecule has 0 amide bonds. The molecule has 102 valence electrons. The number of carbonyl (C=O) groups is 1. The van der Waals surface area contributed by atoms with E-state index in [1.54, 1.807) is 13.0 Å². The number of benzene rings is 1. The molecule has 2 aromatic rings. The van der Waals surface area contributed by atoms with E-state index >= 15 is 0 Å². The van der Waals surface area contributed by atoms with Gasteiger partial charge in [-0.05, 0) is 19.1 Å². The normalized spacial score (nSPS) is 21.9. The molecule has 5 nitrogen and oxygen atoms in total. The maximum atomic E-state index is 11.2. The van der Waals surface area contributed by atoms with Gasteiger partial charge in [-0.25, -0.2) is 9.78 Å². The molecule has 6 heteroatoms. The van der Waals surface area contributed by atoms with Crippen LogP contribution in [0.4, 0.5) is 0 Å². The zero-order chi connectivity index (χ0) is 14.3. The molecule has 0 saturated heterocycles. The summed E-state index contributed by atoms with van der Waals surface area (Å²) in [5, 5.41) is 20.6. The second-order valence-corrected chi connectivity index (χ2v) is 5.80. The lowest BCUT2D eigenvalue weighted by molar-refractivity contribution is -0.141. The molecule has 0 radical (unpaired) electrons. The largest absolute Gasteiger partial charge is 0.506 e. The Morgan fingerprint density at radius 3 is 2.85 bits per heavy atom. The smallest absolute Gasteiger partial charge is 0.332 e. The lowest BCUT2D eigenvalue weighted by Crippen LogP contribution is -2.33. The Morgan fingerprint density at radius 2 is 2.15 bits per heavy atom. The standard InChI is InChI=1S/C14H12N2O3S/c1-14(13(18)19)7-20-12(16-14)11-10(17)6-8-4-2-3-5-9(8)15-11/h2-6,17H,7H2,1H3,(H,18,19)/t14-/m1/s1. The Bertz CT molecular complexity index is 744. The zero-order valence-electron chi connectivity index (χ0n) is 10.7. The van der Waals surface area contributed by atoms with Crippen molar-refractivity contribution in [1.82, 2.24) is 4.98 Å². The molecule has 0 unspecified atom stereocenters. The minimum absolute atomic E-state index is 0.0181. The first kappa shape index (κ1) is 12.9. The fourth-order valence-electron chi connectivity index (χ4n) is 1.99. The van der Waals surface area contributed by atoms with E-state index in [2.05, 4.69) is 9.98 Å². The van der Waals surface area contributed by atoms with Crippen LogP contribution in [0.5, 0.6) is 5.75 Å². The highest BCUT2D eigenvalue weighted by molar-refractivity contribution is 8.14. The average molecular weight is 288 g/mol. The number of pyridine rings is 1. The van der Waals surface area contributed by atoms with Gasteiger partial charge in [-0.2, -0.15) is 0 Å². The molecule has 1 aromatic carbocycles. The lowest BCUT2D eigenvalue weighted by Gasteiger charge is -2.11. The number of para-hydroxylation sites is 1. The number of aliphatic carboxylic acids is 1. The highest BCUT2D eigenvalue weighted by atomic mass is 32.2. The van der Waals surface area contributed by atoms with E-state index in [0.29, 0.717) is 16.5 Å². The SMILES string of the molecule is C[C@]1(C(=O)O)CSC(c2nc3ccccc3cc2O)=N1. The molecule has 3 rings (SSSR count). The fourth-order valence-corrected chi connectivity index (χ4v) is 3.15. The highest BCUT2D eigenvalue weighted by Gasteiger charge is 2.39. The first-order chi connectivity index (χ1) is 9.49. The maximum absolute atomic E-state index is 11.2. The number of hydrogen-bond donors (Lipinski definition) is 2. The summed E-state index contributed by atoms with van der Waals surface area (Å²) in [5.41, 5.74) is -0.0639. The molecule has 2 N–H and O–H groups in total. The van der Waals surface area contributed by atoms with Gasteiger partial charge >= 0.3 is 5.97 Å². The summed E-state index contributed by atoms with van der Waals surface area (Å²) in [6.07, 6.45) is 0. The van der Waals surface area contributed by atoms with Crippen LogP contribution in [0.15, 0.2) is 35.3 Å². The molecule has 1 aromatic heterocycles. The number of rotatable bonds is 2. The summed E-state index contributed by atoms with van der Waals surface area (Å²) < 4.78 is 0. The summed E-state index contributed by atoms with van der Waals surface area (Å²) in [6.45, 7) is 1.56. The van der Waals surface area contributed by atoms with Crippen molar-refractivity contribution < 1.29 is 15.0 Å². The molecule has 0 spiro atoms. The van der Waals surface area contributed by atoms with Crippen molar-refractivity contribution in [2.75, 3.05) is 5.75 Å². The number of nitrogens with zero attached hydrogens (tertiary/aromatic N) is 2. The van der Waals surface area contributed by atoms with E-state index in [1.165, 1.54) is 11.8 Å². The lowest BCUT2D eigenvalue weighted by atomic mass is 10.1. The molecule has 1 aliphatic rings. The molecule has 0 bridgehead atoms. The van der Waals surface area contributed by atoms with Crippen LogP contribution in [-0.2, 0) is 4.79 Å². The molecule has 0 saturated carbocycles. The van der Waals surface area contributed by atoms with Crippen LogP contribution in [0.25, 0.3) is 10.9 Å². The van der Waals surface area contributed by atoms with Gasteiger partial charge in [-0.1, -0.05) is 18.2 Å². The number of aromatic hydroxyl groups is 1. The second kappa shape index (κ2) is 4.49. The third-order valence-corrected chi connectivity index (χ3v) is 4.47. The molecule has 1 atom stereocenters. The van der Waals surface area contributed by atoms with E-state index < -0.39 is 11.5 Å². The third-order valence-electron chi connectivity index (χ3n) is 3.21. The number of fused-ring (bicyclic) bond motifs is 1. The van der Waals surface area contributed by atoms with Gasteiger partial charge in [0.05, 0.1) is 5.52 Å². The molecule has 0 aliphatic carbocycles. The van der Waals surface area contributed by atoms with E-state index in [-0.39, 0.29) is 5.75 Å². The number of carboxylic acid groups (broad SMARTS) is 1. The van der Waals surface area contributed by atoms with Crippen LogP contribution in [0.2, 0.25) is 0 Å².